The molecule has 4 rings (SSSR count). The van der Waals surface area contributed by atoms with Gasteiger partial charge in [0, 0.05) is 26.2 Å². The molecule has 2 aromatic carbocycles. The summed E-state index contributed by atoms with van der Waals surface area (Å²) in [5, 5.41) is 0. The molecule has 178 valence electrons. The number of nitrogens with zero attached hydrogens (tertiary/aromatic N) is 2. The Hall–Kier alpha value is -2.42. The molecule has 0 unspecified atom stereocenters. The molecule has 2 aliphatic heterocycles. The highest BCUT2D eigenvalue weighted by Gasteiger charge is 2.30. The van der Waals surface area contributed by atoms with Gasteiger partial charge in [0.25, 0.3) is 5.91 Å². The molecule has 8 heteroatoms. The van der Waals surface area contributed by atoms with Crippen LogP contribution in [-0.4, -0.2) is 69.0 Å². The van der Waals surface area contributed by atoms with E-state index in [0.717, 1.165) is 19.3 Å². The van der Waals surface area contributed by atoms with Crippen LogP contribution in [0.15, 0.2) is 59.5 Å². The number of benzene rings is 2. The molecule has 1 atom stereocenters. The third-order valence-electron chi connectivity index (χ3n) is 6.39. The standard InChI is InChI=1S/C25H32N2O5S/c1-20(25(28)26-15-17-31-18-16-26)32-23-7-9-24(10-8-23)33(29,30)27-13-11-22(12-14-27)19-21-5-3-2-4-6-21/h2-10,20,22H,11-19H2,1H3/t20-/m1/s1. The first-order chi connectivity index (χ1) is 15.9. The largest absolute Gasteiger partial charge is 0.481 e. The van der Waals surface area contributed by atoms with Crippen LogP contribution in [0, 0.1) is 5.92 Å². The SMILES string of the molecule is C[C@@H](Oc1ccc(S(=O)(=O)N2CCC(Cc3ccccc3)CC2)cc1)C(=O)N1CCOCC1. The van der Waals surface area contributed by atoms with Gasteiger partial charge in [-0.1, -0.05) is 30.3 Å². The summed E-state index contributed by atoms with van der Waals surface area (Å²) in [6.07, 6.45) is 2.06. The fourth-order valence-corrected chi connectivity index (χ4v) is 5.91. The lowest BCUT2D eigenvalue weighted by Gasteiger charge is -2.31. The second kappa shape index (κ2) is 10.7. The van der Waals surface area contributed by atoms with Gasteiger partial charge in [-0.15, -0.1) is 0 Å². The number of morpholine rings is 1. The molecule has 0 aliphatic carbocycles. The van der Waals surface area contributed by atoms with Crippen molar-refractivity contribution in [2.24, 2.45) is 5.92 Å². The van der Waals surface area contributed by atoms with E-state index >= 15 is 0 Å². The third kappa shape index (κ3) is 5.93. The molecule has 1 amide bonds. The number of ether oxygens (including phenoxy) is 2. The van der Waals surface area contributed by atoms with Crippen molar-refractivity contribution in [3.63, 3.8) is 0 Å². The summed E-state index contributed by atoms with van der Waals surface area (Å²) in [5.74, 6) is 0.887. The van der Waals surface area contributed by atoms with Crippen molar-refractivity contribution in [1.82, 2.24) is 9.21 Å². The maximum absolute atomic E-state index is 13.1. The van der Waals surface area contributed by atoms with Crippen LogP contribution in [0.25, 0.3) is 0 Å². The van der Waals surface area contributed by atoms with E-state index in [2.05, 4.69) is 12.1 Å². The maximum Gasteiger partial charge on any atom is 0.263 e. The predicted molar refractivity (Wildman–Crippen MR) is 126 cm³/mol. The van der Waals surface area contributed by atoms with Gasteiger partial charge < -0.3 is 14.4 Å². The fraction of sp³-hybridized carbons (Fsp3) is 0.480. The molecule has 0 bridgehead atoms. The minimum atomic E-state index is -3.55. The molecule has 0 spiro atoms. The summed E-state index contributed by atoms with van der Waals surface area (Å²) in [6, 6.07) is 16.7. The zero-order chi connectivity index (χ0) is 23.3. The van der Waals surface area contributed by atoms with Gasteiger partial charge >= 0.3 is 0 Å². The molecule has 33 heavy (non-hydrogen) atoms. The summed E-state index contributed by atoms with van der Waals surface area (Å²) in [7, 11) is -3.55. The van der Waals surface area contributed by atoms with Crippen molar-refractivity contribution >= 4 is 15.9 Å². The third-order valence-corrected chi connectivity index (χ3v) is 8.30. The second-order valence-electron chi connectivity index (χ2n) is 8.71. The van der Waals surface area contributed by atoms with Gasteiger partial charge in [0.2, 0.25) is 10.0 Å². The first-order valence-corrected chi connectivity index (χ1v) is 13.0. The Morgan fingerprint density at radius 2 is 1.64 bits per heavy atom. The molecular formula is C25H32N2O5S. The van der Waals surface area contributed by atoms with E-state index < -0.39 is 16.1 Å². The molecule has 7 nitrogen and oxygen atoms in total. The van der Waals surface area contributed by atoms with Gasteiger partial charge in [-0.05, 0) is 61.9 Å². The van der Waals surface area contributed by atoms with Crippen LogP contribution in [0.5, 0.6) is 5.75 Å². The number of hydrogen-bond donors (Lipinski definition) is 0. The normalized spacial score (nSPS) is 19.2. The van der Waals surface area contributed by atoms with E-state index in [0.29, 0.717) is 51.1 Å². The van der Waals surface area contributed by atoms with Gasteiger partial charge in [-0.25, -0.2) is 8.42 Å². The Morgan fingerprint density at radius 3 is 2.27 bits per heavy atom. The minimum absolute atomic E-state index is 0.0895. The van der Waals surface area contributed by atoms with Gasteiger partial charge in [0.05, 0.1) is 18.1 Å². The highest BCUT2D eigenvalue weighted by Crippen LogP contribution is 2.27. The van der Waals surface area contributed by atoms with Crippen molar-refractivity contribution in [2.45, 2.75) is 37.2 Å². The summed E-state index contributed by atoms with van der Waals surface area (Å²) in [5.41, 5.74) is 1.30. The Bertz CT molecular complexity index is 1010. The van der Waals surface area contributed by atoms with Crippen molar-refractivity contribution in [3.05, 3.63) is 60.2 Å². The van der Waals surface area contributed by atoms with E-state index in [1.54, 1.807) is 40.4 Å². The van der Waals surface area contributed by atoms with Gasteiger partial charge in [-0.3, -0.25) is 4.79 Å². The first kappa shape index (κ1) is 23.7. The molecule has 0 radical (unpaired) electrons. The summed E-state index contributed by atoms with van der Waals surface area (Å²) >= 11 is 0. The van der Waals surface area contributed by atoms with Crippen molar-refractivity contribution in [1.29, 1.82) is 0 Å². The van der Waals surface area contributed by atoms with Crippen molar-refractivity contribution in [3.8, 4) is 5.75 Å². The molecular weight excluding hydrogens is 440 g/mol. The van der Waals surface area contributed by atoms with Crippen molar-refractivity contribution in [2.75, 3.05) is 39.4 Å². The quantitative estimate of drug-likeness (QED) is 0.619. The molecule has 2 saturated heterocycles. The minimum Gasteiger partial charge on any atom is -0.481 e. The van der Waals surface area contributed by atoms with E-state index in [-0.39, 0.29) is 10.8 Å². The van der Waals surface area contributed by atoms with Gasteiger partial charge in [0.1, 0.15) is 5.75 Å². The number of carbonyl (C=O) groups is 1. The molecule has 2 aromatic rings. The summed E-state index contributed by atoms with van der Waals surface area (Å²) < 4.78 is 38.9. The van der Waals surface area contributed by atoms with Crippen LogP contribution in [0.2, 0.25) is 0 Å². The maximum atomic E-state index is 13.1. The van der Waals surface area contributed by atoms with E-state index in [9.17, 15) is 13.2 Å². The summed E-state index contributed by atoms with van der Waals surface area (Å²) in [4.78, 5) is 14.5. The molecule has 2 fully saturated rings. The first-order valence-electron chi connectivity index (χ1n) is 11.6. The van der Waals surface area contributed by atoms with E-state index in [4.69, 9.17) is 9.47 Å². The number of hydrogen-bond acceptors (Lipinski definition) is 5. The Kier molecular flexibility index (Phi) is 7.67. The molecule has 2 heterocycles. The molecule has 0 aromatic heterocycles. The molecule has 2 aliphatic rings. The Balaban J connectivity index is 1.31. The Morgan fingerprint density at radius 1 is 1.00 bits per heavy atom. The lowest BCUT2D eigenvalue weighted by molar-refractivity contribution is -0.142. The zero-order valence-electron chi connectivity index (χ0n) is 19.1. The number of amides is 1. The average molecular weight is 473 g/mol. The monoisotopic (exact) mass is 472 g/mol. The Labute approximate surface area is 196 Å². The van der Waals surface area contributed by atoms with Gasteiger partial charge in [0.15, 0.2) is 6.10 Å². The van der Waals surface area contributed by atoms with Gasteiger partial charge in [-0.2, -0.15) is 4.31 Å². The number of carbonyl (C=O) groups excluding carboxylic acids is 1. The van der Waals surface area contributed by atoms with E-state index in [1.807, 2.05) is 18.2 Å². The highest BCUT2D eigenvalue weighted by molar-refractivity contribution is 7.89. The lowest BCUT2D eigenvalue weighted by atomic mass is 9.91. The van der Waals surface area contributed by atoms with E-state index in [1.165, 1.54) is 5.56 Å². The lowest BCUT2D eigenvalue weighted by Crippen LogP contribution is -2.46. The van der Waals surface area contributed by atoms with Crippen LogP contribution in [0.4, 0.5) is 0 Å². The second-order valence-corrected chi connectivity index (χ2v) is 10.6. The topological polar surface area (TPSA) is 76.2 Å². The fourth-order valence-electron chi connectivity index (χ4n) is 4.44. The highest BCUT2D eigenvalue weighted by atomic mass is 32.2. The molecule has 0 N–H and O–H groups in total. The van der Waals surface area contributed by atoms with Crippen LogP contribution >= 0.6 is 0 Å². The number of piperidine rings is 1. The van der Waals surface area contributed by atoms with Crippen LogP contribution < -0.4 is 4.74 Å². The van der Waals surface area contributed by atoms with Crippen LogP contribution in [0.3, 0.4) is 0 Å². The number of sulfonamides is 1. The predicted octanol–water partition coefficient (Wildman–Crippen LogP) is 2.96. The zero-order valence-corrected chi connectivity index (χ0v) is 19.9. The summed E-state index contributed by atoms with van der Waals surface area (Å²) in [6.45, 7) is 4.97. The molecule has 0 saturated carbocycles. The van der Waals surface area contributed by atoms with Crippen molar-refractivity contribution < 1.29 is 22.7 Å². The smallest absolute Gasteiger partial charge is 0.263 e. The van der Waals surface area contributed by atoms with Crippen LogP contribution in [0.1, 0.15) is 25.3 Å². The number of rotatable bonds is 7. The average Bonchev–Trinajstić information content (AvgIpc) is 2.85. The van der Waals surface area contributed by atoms with Crippen LogP contribution in [-0.2, 0) is 26.0 Å².